The SMILES string of the molecule is CC(C)(C)c1ccc(-c2nnc(SCC(=O)N/N=C/c3ccccc3F)n2-c2ccccc2)cc1. The van der Waals surface area contributed by atoms with E-state index in [1.807, 2.05) is 47.0 Å². The molecule has 0 saturated carbocycles. The average Bonchev–Trinajstić information content (AvgIpc) is 3.28. The number of aromatic nitrogens is 3. The summed E-state index contributed by atoms with van der Waals surface area (Å²) < 4.78 is 15.6. The Bertz CT molecular complexity index is 1330. The van der Waals surface area contributed by atoms with Gasteiger partial charge < -0.3 is 0 Å². The molecular weight excluding hydrogens is 461 g/mol. The number of hydrazone groups is 1. The lowest BCUT2D eigenvalue weighted by atomic mass is 9.87. The smallest absolute Gasteiger partial charge is 0.250 e. The highest BCUT2D eigenvalue weighted by atomic mass is 32.2. The van der Waals surface area contributed by atoms with Gasteiger partial charge in [0.1, 0.15) is 5.82 Å². The molecule has 0 spiro atoms. The van der Waals surface area contributed by atoms with Crippen LogP contribution < -0.4 is 5.43 Å². The third-order valence-electron chi connectivity index (χ3n) is 5.29. The van der Waals surface area contributed by atoms with Crippen LogP contribution in [0.5, 0.6) is 0 Å². The Morgan fingerprint density at radius 3 is 2.37 bits per heavy atom. The Balaban J connectivity index is 1.53. The summed E-state index contributed by atoms with van der Waals surface area (Å²) >= 11 is 1.25. The predicted molar refractivity (Wildman–Crippen MR) is 138 cm³/mol. The van der Waals surface area contributed by atoms with Crippen LogP contribution in [0, 0.1) is 5.82 Å². The molecule has 178 valence electrons. The van der Waals surface area contributed by atoms with Crippen LogP contribution in [-0.2, 0) is 10.2 Å². The molecule has 0 aliphatic carbocycles. The van der Waals surface area contributed by atoms with Crippen LogP contribution in [0.25, 0.3) is 17.1 Å². The van der Waals surface area contributed by atoms with Gasteiger partial charge in [-0.05, 0) is 29.2 Å². The second-order valence-electron chi connectivity index (χ2n) is 8.91. The van der Waals surface area contributed by atoms with E-state index in [0.717, 1.165) is 11.3 Å². The van der Waals surface area contributed by atoms with Gasteiger partial charge >= 0.3 is 0 Å². The van der Waals surface area contributed by atoms with Crippen LogP contribution in [-0.4, -0.2) is 32.6 Å². The molecule has 0 radical (unpaired) electrons. The Hall–Kier alpha value is -3.78. The zero-order chi connectivity index (χ0) is 24.8. The summed E-state index contributed by atoms with van der Waals surface area (Å²) in [7, 11) is 0. The second-order valence-corrected chi connectivity index (χ2v) is 9.85. The number of benzene rings is 3. The van der Waals surface area contributed by atoms with Gasteiger partial charge in [-0.3, -0.25) is 9.36 Å². The fourth-order valence-corrected chi connectivity index (χ4v) is 4.14. The molecule has 1 amide bonds. The van der Waals surface area contributed by atoms with E-state index >= 15 is 0 Å². The molecule has 4 rings (SSSR count). The van der Waals surface area contributed by atoms with Gasteiger partial charge in [-0.15, -0.1) is 10.2 Å². The topological polar surface area (TPSA) is 72.2 Å². The van der Waals surface area contributed by atoms with Crippen molar-refractivity contribution in [1.82, 2.24) is 20.2 Å². The monoisotopic (exact) mass is 487 g/mol. The van der Waals surface area contributed by atoms with Gasteiger partial charge in [-0.2, -0.15) is 5.10 Å². The number of carbonyl (C=O) groups is 1. The molecule has 0 atom stereocenters. The van der Waals surface area contributed by atoms with Gasteiger partial charge in [-0.25, -0.2) is 9.82 Å². The number of hydrogen-bond acceptors (Lipinski definition) is 5. The number of amides is 1. The molecule has 4 aromatic rings. The van der Waals surface area contributed by atoms with Crippen molar-refractivity contribution in [3.05, 3.63) is 95.8 Å². The zero-order valence-corrected chi connectivity index (χ0v) is 20.6. The number of rotatable bonds is 7. The first-order valence-corrected chi connectivity index (χ1v) is 12.1. The maximum Gasteiger partial charge on any atom is 0.250 e. The lowest BCUT2D eigenvalue weighted by Gasteiger charge is -2.19. The summed E-state index contributed by atoms with van der Waals surface area (Å²) in [5, 5.41) is 13.2. The van der Waals surface area contributed by atoms with E-state index in [-0.39, 0.29) is 17.1 Å². The van der Waals surface area contributed by atoms with Crippen LogP contribution in [0.3, 0.4) is 0 Å². The molecule has 1 heterocycles. The Labute approximate surface area is 208 Å². The van der Waals surface area contributed by atoms with Crippen molar-refractivity contribution in [2.24, 2.45) is 5.10 Å². The van der Waals surface area contributed by atoms with Gasteiger partial charge in [0, 0.05) is 16.8 Å². The molecule has 8 heteroatoms. The number of hydrogen-bond donors (Lipinski definition) is 1. The van der Waals surface area contributed by atoms with Crippen molar-refractivity contribution in [2.75, 3.05) is 5.75 Å². The molecule has 1 N–H and O–H groups in total. The highest BCUT2D eigenvalue weighted by Gasteiger charge is 2.19. The molecule has 1 aromatic heterocycles. The van der Waals surface area contributed by atoms with E-state index < -0.39 is 5.82 Å². The minimum absolute atomic E-state index is 0.0504. The third-order valence-corrected chi connectivity index (χ3v) is 6.22. The molecule has 35 heavy (non-hydrogen) atoms. The van der Waals surface area contributed by atoms with E-state index in [4.69, 9.17) is 0 Å². The molecule has 0 saturated heterocycles. The van der Waals surface area contributed by atoms with Crippen LogP contribution in [0.1, 0.15) is 31.9 Å². The van der Waals surface area contributed by atoms with Crippen molar-refractivity contribution in [3.63, 3.8) is 0 Å². The third kappa shape index (κ3) is 6.02. The summed E-state index contributed by atoms with van der Waals surface area (Å²) in [5.41, 5.74) is 5.84. The maximum absolute atomic E-state index is 13.7. The number of halogens is 1. The molecule has 6 nitrogen and oxygen atoms in total. The van der Waals surface area contributed by atoms with Gasteiger partial charge in [-0.1, -0.05) is 93.2 Å². The second kappa shape index (κ2) is 10.7. The van der Waals surface area contributed by atoms with E-state index in [2.05, 4.69) is 53.6 Å². The molecule has 0 fully saturated rings. The van der Waals surface area contributed by atoms with Crippen LogP contribution in [0.4, 0.5) is 4.39 Å². The van der Waals surface area contributed by atoms with E-state index in [1.54, 1.807) is 18.2 Å². The Morgan fingerprint density at radius 2 is 1.69 bits per heavy atom. The summed E-state index contributed by atoms with van der Waals surface area (Å²) in [6.45, 7) is 6.53. The quantitative estimate of drug-likeness (QED) is 0.209. The maximum atomic E-state index is 13.7. The largest absolute Gasteiger partial charge is 0.272 e. The van der Waals surface area contributed by atoms with E-state index in [9.17, 15) is 9.18 Å². The van der Waals surface area contributed by atoms with Crippen molar-refractivity contribution in [1.29, 1.82) is 0 Å². The molecular formula is C27H26FN5OS. The fourth-order valence-electron chi connectivity index (χ4n) is 3.40. The average molecular weight is 488 g/mol. The highest BCUT2D eigenvalue weighted by Crippen LogP contribution is 2.30. The van der Waals surface area contributed by atoms with Crippen molar-refractivity contribution in [2.45, 2.75) is 31.3 Å². The van der Waals surface area contributed by atoms with Crippen LogP contribution >= 0.6 is 11.8 Å². The summed E-state index contributed by atoms with van der Waals surface area (Å²) in [5.74, 6) is 0.0278. The van der Waals surface area contributed by atoms with Gasteiger partial charge in [0.25, 0.3) is 5.91 Å². The van der Waals surface area contributed by atoms with Crippen molar-refractivity contribution < 1.29 is 9.18 Å². The molecule has 0 bridgehead atoms. The van der Waals surface area contributed by atoms with Gasteiger partial charge in [0.05, 0.1) is 12.0 Å². The van der Waals surface area contributed by atoms with Gasteiger partial charge in [0.15, 0.2) is 11.0 Å². The number of nitrogens with zero attached hydrogens (tertiary/aromatic N) is 4. The standard InChI is InChI=1S/C27H26FN5OS/c1-27(2,3)21-15-13-19(14-16-21)25-31-32-26(33(25)22-10-5-4-6-11-22)35-18-24(34)30-29-17-20-9-7-8-12-23(20)28/h4-17H,18H2,1-3H3,(H,30,34)/b29-17+. The van der Waals surface area contributed by atoms with E-state index in [0.29, 0.717) is 16.5 Å². The molecule has 0 unspecified atom stereocenters. The normalized spacial score (nSPS) is 11.7. The Kier molecular flexibility index (Phi) is 7.41. The van der Waals surface area contributed by atoms with Crippen molar-refractivity contribution >= 4 is 23.9 Å². The van der Waals surface area contributed by atoms with Crippen molar-refractivity contribution in [3.8, 4) is 17.1 Å². The summed E-state index contributed by atoms with van der Waals surface area (Å²) in [4.78, 5) is 12.4. The summed E-state index contributed by atoms with van der Waals surface area (Å²) in [6.07, 6.45) is 1.28. The number of para-hydroxylation sites is 1. The van der Waals surface area contributed by atoms with Crippen LogP contribution in [0.15, 0.2) is 89.1 Å². The van der Waals surface area contributed by atoms with Crippen LogP contribution in [0.2, 0.25) is 0 Å². The predicted octanol–water partition coefficient (Wildman–Crippen LogP) is 5.61. The zero-order valence-electron chi connectivity index (χ0n) is 19.8. The minimum atomic E-state index is -0.404. The fraction of sp³-hybridized carbons (Fsp3) is 0.185. The summed E-state index contributed by atoms with van der Waals surface area (Å²) in [6, 6.07) is 24.3. The van der Waals surface area contributed by atoms with E-state index in [1.165, 1.54) is 29.6 Å². The number of nitrogens with one attached hydrogen (secondary N) is 1. The minimum Gasteiger partial charge on any atom is -0.272 e. The first-order chi connectivity index (χ1) is 16.8. The Morgan fingerprint density at radius 1 is 1.00 bits per heavy atom. The number of thioether (sulfide) groups is 1. The van der Waals surface area contributed by atoms with Gasteiger partial charge in [0.2, 0.25) is 0 Å². The lowest BCUT2D eigenvalue weighted by Crippen LogP contribution is -2.20. The highest BCUT2D eigenvalue weighted by molar-refractivity contribution is 7.99. The number of carbonyl (C=O) groups excluding carboxylic acids is 1. The first-order valence-electron chi connectivity index (χ1n) is 11.1. The molecule has 0 aliphatic rings. The molecule has 0 aliphatic heterocycles. The molecule has 3 aromatic carbocycles. The lowest BCUT2D eigenvalue weighted by molar-refractivity contribution is -0.118. The first kappa shape index (κ1) is 24.3.